The monoisotopic (exact) mass is 391 g/mol. The second kappa shape index (κ2) is 6.37. The molecule has 2 aromatic rings. The molecule has 0 aliphatic heterocycles. The average molecular weight is 392 g/mol. The van der Waals surface area contributed by atoms with Crippen LogP contribution in [-0.2, 0) is 0 Å². The van der Waals surface area contributed by atoms with E-state index in [4.69, 9.17) is 11.6 Å². The minimum atomic E-state index is 0.239. The standard InChI is InChI=1S/C14H15ClINS/c1-3-17-13(10-4-6-11(16)7-5-10)12-8-9(2)14(15)18-12/h4-8,13,17H,3H2,1-2H3. The van der Waals surface area contributed by atoms with E-state index in [1.807, 2.05) is 0 Å². The molecule has 1 N–H and O–H groups in total. The third kappa shape index (κ3) is 3.26. The van der Waals surface area contributed by atoms with Gasteiger partial charge in [0.25, 0.3) is 0 Å². The molecular weight excluding hydrogens is 377 g/mol. The molecule has 1 heterocycles. The van der Waals surface area contributed by atoms with Gasteiger partial charge in [-0.25, -0.2) is 0 Å². The van der Waals surface area contributed by atoms with Crippen LogP contribution in [0.1, 0.15) is 29.0 Å². The molecule has 0 saturated carbocycles. The van der Waals surface area contributed by atoms with Crippen LogP contribution in [0, 0.1) is 10.5 Å². The first-order valence-electron chi connectivity index (χ1n) is 5.86. The summed E-state index contributed by atoms with van der Waals surface area (Å²) in [6.45, 7) is 5.12. The van der Waals surface area contributed by atoms with Gasteiger partial charge in [0.2, 0.25) is 0 Å². The topological polar surface area (TPSA) is 12.0 Å². The molecule has 0 amide bonds. The highest BCUT2D eigenvalue weighted by molar-refractivity contribution is 14.1. The van der Waals surface area contributed by atoms with Crippen molar-refractivity contribution in [2.45, 2.75) is 19.9 Å². The lowest BCUT2D eigenvalue weighted by Crippen LogP contribution is -2.21. The Morgan fingerprint density at radius 1 is 1.33 bits per heavy atom. The summed E-state index contributed by atoms with van der Waals surface area (Å²) in [5.41, 5.74) is 2.44. The Kier molecular flexibility index (Phi) is 5.06. The van der Waals surface area contributed by atoms with E-state index in [1.54, 1.807) is 11.3 Å². The summed E-state index contributed by atoms with van der Waals surface area (Å²) in [7, 11) is 0. The molecule has 1 atom stereocenters. The van der Waals surface area contributed by atoms with Crippen LogP contribution in [0.5, 0.6) is 0 Å². The lowest BCUT2D eigenvalue weighted by molar-refractivity contribution is 0.639. The highest BCUT2D eigenvalue weighted by Crippen LogP contribution is 2.34. The van der Waals surface area contributed by atoms with Crippen LogP contribution in [-0.4, -0.2) is 6.54 Å². The van der Waals surface area contributed by atoms with Crippen LogP contribution in [0.4, 0.5) is 0 Å². The summed E-state index contributed by atoms with van der Waals surface area (Å²) >= 11 is 10.2. The molecule has 0 radical (unpaired) electrons. The normalized spacial score (nSPS) is 12.7. The number of hydrogen-bond acceptors (Lipinski definition) is 2. The average Bonchev–Trinajstić information content (AvgIpc) is 2.68. The van der Waals surface area contributed by atoms with E-state index < -0.39 is 0 Å². The van der Waals surface area contributed by atoms with Crippen molar-refractivity contribution in [2.24, 2.45) is 0 Å². The van der Waals surface area contributed by atoms with E-state index in [1.165, 1.54) is 14.0 Å². The van der Waals surface area contributed by atoms with Gasteiger partial charge in [-0.3, -0.25) is 0 Å². The first-order chi connectivity index (χ1) is 8.61. The summed E-state index contributed by atoms with van der Waals surface area (Å²) in [6, 6.07) is 11.1. The van der Waals surface area contributed by atoms with Crippen molar-refractivity contribution >= 4 is 45.5 Å². The van der Waals surface area contributed by atoms with Gasteiger partial charge in [0.15, 0.2) is 0 Å². The number of nitrogens with one attached hydrogen (secondary N) is 1. The molecule has 4 heteroatoms. The lowest BCUT2D eigenvalue weighted by Gasteiger charge is -2.17. The molecule has 0 aliphatic rings. The lowest BCUT2D eigenvalue weighted by atomic mass is 10.1. The molecule has 0 aliphatic carbocycles. The van der Waals surface area contributed by atoms with E-state index in [0.29, 0.717) is 0 Å². The van der Waals surface area contributed by atoms with Crippen molar-refractivity contribution in [1.29, 1.82) is 0 Å². The second-order valence-corrected chi connectivity index (χ2v) is 7.08. The maximum Gasteiger partial charge on any atom is 0.0961 e. The second-order valence-electron chi connectivity index (χ2n) is 4.15. The molecule has 18 heavy (non-hydrogen) atoms. The predicted molar refractivity (Wildman–Crippen MR) is 88.7 cm³/mol. The summed E-state index contributed by atoms with van der Waals surface area (Å²) < 4.78 is 2.14. The zero-order valence-electron chi connectivity index (χ0n) is 10.3. The fraction of sp³-hybridized carbons (Fsp3) is 0.286. The van der Waals surface area contributed by atoms with Crippen molar-refractivity contribution in [3.05, 3.63) is 54.2 Å². The Labute approximate surface area is 131 Å². The summed E-state index contributed by atoms with van der Waals surface area (Å²) in [5.74, 6) is 0. The maximum atomic E-state index is 6.18. The van der Waals surface area contributed by atoms with E-state index >= 15 is 0 Å². The van der Waals surface area contributed by atoms with Gasteiger partial charge in [-0.2, -0.15) is 0 Å². The maximum absolute atomic E-state index is 6.18. The van der Waals surface area contributed by atoms with Crippen LogP contribution in [0.15, 0.2) is 30.3 Å². The molecule has 1 aromatic carbocycles. The van der Waals surface area contributed by atoms with Gasteiger partial charge in [0.1, 0.15) is 0 Å². The molecule has 0 fully saturated rings. The number of thiophene rings is 1. The molecular formula is C14H15ClINS. The van der Waals surface area contributed by atoms with Crippen molar-refractivity contribution < 1.29 is 0 Å². The van der Waals surface area contributed by atoms with Crippen molar-refractivity contribution in [1.82, 2.24) is 5.32 Å². The van der Waals surface area contributed by atoms with E-state index in [-0.39, 0.29) is 6.04 Å². The van der Waals surface area contributed by atoms with Gasteiger partial charge < -0.3 is 5.32 Å². The molecule has 0 saturated heterocycles. The van der Waals surface area contributed by atoms with Crippen molar-refractivity contribution in [3.8, 4) is 0 Å². The first-order valence-corrected chi connectivity index (χ1v) is 8.13. The molecule has 1 unspecified atom stereocenters. The van der Waals surface area contributed by atoms with E-state index in [0.717, 1.165) is 16.4 Å². The van der Waals surface area contributed by atoms with Gasteiger partial charge in [-0.15, -0.1) is 11.3 Å². The van der Waals surface area contributed by atoms with Gasteiger partial charge >= 0.3 is 0 Å². The van der Waals surface area contributed by atoms with Crippen molar-refractivity contribution in [3.63, 3.8) is 0 Å². The quantitative estimate of drug-likeness (QED) is 0.722. The predicted octanol–water partition coefficient (Wildman–Crippen LogP) is 5.01. The van der Waals surface area contributed by atoms with Crippen molar-refractivity contribution in [2.75, 3.05) is 6.54 Å². The molecule has 1 nitrogen and oxygen atoms in total. The van der Waals surface area contributed by atoms with Crippen LogP contribution in [0.3, 0.4) is 0 Å². The summed E-state index contributed by atoms with van der Waals surface area (Å²) in [5, 5.41) is 3.52. The third-order valence-electron chi connectivity index (χ3n) is 2.77. The zero-order valence-corrected chi connectivity index (χ0v) is 14.1. The zero-order chi connectivity index (χ0) is 13.1. The Morgan fingerprint density at radius 2 is 2.00 bits per heavy atom. The van der Waals surface area contributed by atoms with Crippen LogP contribution >= 0.6 is 45.5 Å². The Bertz CT molecular complexity index is 502. The molecule has 0 spiro atoms. The van der Waals surface area contributed by atoms with Gasteiger partial charge in [0, 0.05) is 8.45 Å². The van der Waals surface area contributed by atoms with Gasteiger partial charge in [-0.05, 0) is 65.4 Å². The first kappa shape index (κ1) is 14.3. The van der Waals surface area contributed by atoms with E-state index in [9.17, 15) is 0 Å². The Hall–Kier alpha value is -0.100. The fourth-order valence-corrected chi connectivity index (χ4v) is 3.55. The number of aryl methyl sites for hydroxylation is 1. The number of hydrogen-bond donors (Lipinski definition) is 1. The van der Waals surface area contributed by atoms with Crippen LogP contribution in [0.2, 0.25) is 4.34 Å². The summed E-state index contributed by atoms with van der Waals surface area (Å²) in [4.78, 5) is 1.28. The third-order valence-corrected chi connectivity index (χ3v) is 5.11. The molecule has 96 valence electrons. The number of halogens is 2. The Morgan fingerprint density at radius 3 is 2.50 bits per heavy atom. The number of benzene rings is 1. The smallest absolute Gasteiger partial charge is 0.0961 e. The van der Waals surface area contributed by atoms with Gasteiger partial charge in [0.05, 0.1) is 10.4 Å². The minimum absolute atomic E-state index is 0.239. The largest absolute Gasteiger partial charge is 0.306 e. The number of rotatable bonds is 4. The highest BCUT2D eigenvalue weighted by atomic mass is 127. The fourth-order valence-electron chi connectivity index (χ4n) is 1.87. The minimum Gasteiger partial charge on any atom is -0.306 e. The van der Waals surface area contributed by atoms with Gasteiger partial charge in [-0.1, -0.05) is 30.7 Å². The molecule has 1 aromatic heterocycles. The van der Waals surface area contributed by atoms with Crippen LogP contribution < -0.4 is 5.32 Å². The SMILES string of the molecule is CCNC(c1ccc(I)cc1)c1cc(C)c(Cl)s1. The van der Waals surface area contributed by atoms with Crippen LogP contribution in [0.25, 0.3) is 0 Å². The summed E-state index contributed by atoms with van der Waals surface area (Å²) in [6.07, 6.45) is 0. The molecule has 0 bridgehead atoms. The van der Waals surface area contributed by atoms with E-state index in [2.05, 4.69) is 72.1 Å². The highest BCUT2D eigenvalue weighted by Gasteiger charge is 2.16. The Balaban J connectivity index is 2.36. The molecule has 2 rings (SSSR count).